The second kappa shape index (κ2) is 4.50. The van der Waals surface area contributed by atoms with Gasteiger partial charge in [0, 0.05) is 12.1 Å². The molecule has 4 heteroatoms. The third-order valence-electron chi connectivity index (χ3n) is 2.03. The van der Waals surface area contributed by atoms with Crippen molar-refractivity contribution < 1.29 is 9.72 Å². The Hall–Kier alpha value is -1.71. The zero-order valence-electron chi connectivity index (χ0n) is 7.77. The molecule has 0 N–H and O–H groups in total. The molecule has 0 aliphatic heterocycles. The number of nitrogens with zero attached hydrogens (tertiary/aromatic N) is 1. The average molecular weight is 192 g/mol. The summed E-state index contributed by atoms with van der Waals surface area (Å²) in [5.74, 6) is -0.366. The molecule has 14 heavy (non-hydrogen) atoms. The molecule has 0 aliphatic carbocycles. The van der Waals surface area contributed by atoms with Crippen molar-refractivity contribution >= 4 is 12.0 Å². The molecule has 0 saturated carbocycles. The first-order valence-electron chi connectivity index (χ1n) is 4.31. The van der Waals surface area contributed by atoms with Gasteiger partial charge in [-0.2, -0.15) is 0 Å². The first-order chi connectivity index (χ1) is 6.69. The number of hydrogen-bond donors (Lipinski definition) is 0. The van der Waals surface area contributed by atoms with Gasteiger partial charge < -0.3 is 0 Å². The Labute approximate surface area is 81.7 Å². The van der Waals surface area contributed by atoms with E-state index in [4.69, 9.17) is 0 Å². The quantitative estimate of drug-likeness (QED) is 0.542. The molecule has 0 spiro atoms. The summed E-state index contributed by atoms with van der Waals surface area (Å²) in [5.41, 5.74) is 0.660. The molecule has 0 heterocycles. The second-order valence-electron chi connectivity index (χ2n) is 2.93. The van der Waals surface area contributed by atoms with Gasteiger partial charge in [-0.25, -0.2) is 0 Å². The van der Waals surface area contributed by atoms with Gasteiger partial charge in [-0.1, -0.05) is 19.1 Å². The number of benzene rings is 1. The highest BCUT2D eigenvalue weighted by molar-refractivity contribution is 5.63. The fourth-order valence-corrected chi connectivity index (χ4v) is 1.24. The standard InChI is InChI=1S/C10H10NO3/c1-2-8(7-12)9-4-3-5-10(6-9)11(13)14/h3-6,8H,2H2,1H3. The molecule has 73 valence electrons. The zero-order chi connectivity index (χ0) is 10.6. The van der Waals surface area contributed by atoms with E-state index in [1.807, 2.05) is 13.2 Å². The van der Waals surface area contributed by atoms with Gasteiger partial charge in [-0.3, -0.25) is 14.9 Å². The molecule has 1 aromatic carbocycles. The van der Waals surface area contributed by atoms with Gasteiger partial charge >= 0.3 is 0 Å². The summed E-state index contributed by atoms with van der Waals surface area (Å²) >= 11 is 0. The maximum absolute atomic E-state index is 10.5. The molecule has 0 fully saturated rings. The first kappa shape index (κ1) is 10.4. The lowest BCUT2D eigenvalue weighted by Crippen LogP contribution is -1.99. The van der Waals surface area contributed by atoms with Crippen molar-refractivity contribution in [2.45, 2.75) is 19.3 Å². The van der Waals surface area contributed by atoms with Gasteiger partial charge in [0.05, 0.1) is 10.8 Å². The van der Waals surface area contributed by atoms with E-state index in [9.17, 15) is 14.9 Å². The molecular weight excluding hydrogens is 182 g/mol. The highest BCUT2D eigenvalue weighted by atomic mass is 16.6. The van der Waals surface area contributed by atoms with Crippen LogP contribution in [0.25, 0.3) is 0 Å². The van der Waals surface area contributed by atoms with Crippen molar-refractivity contribution in [1.29, 1.82) is 0 Å². The van der Waals surface area contributed by atoms with Crippen LogP contribution in [0.5, 0.6) is 0 Å². The van der Waals surface area contributed by atoms with Crippen LogP contribution in [-0.4, -0.2) is 11.2 Å². The summed E-state index contributed by atoms with van der Waals surface area (Å²) in [6, 6.07) is 6.10. The van der Waals surface area contributed by atoms with Crippen LogP contribution in [0, 0.1) is 10.1 Å². The number of nitro benzene ring substituents is 1. The largest absolute Gasteiger partial charge is 0.290 e. The molecule has 1 rings (SSSR count). The topological polar surface area (TPSA) is 60.2 Å². The molecule has 1 radical (unpaired) electrons. The van der Waals surface area contributed by atoms with Crippen molar-refractivity contribution in [3.05, 3.63) is 39.9 Å². The second-order valence-corrected chi connectivity index (χ2v) is 2.93. The van der Waals surface area contributed by atoms with Crippen molar-refractivity contribution in [3.8, 4) is 0 Å². The van der Waals surface area contributed by atoms with Crippen molar-refractivity contribution in [3.63, 3.8) is 0 Å². The highest BCUT2D eigenvalue weighted by Gasteiger charge is 2.12. The maximum Gasteiger partial charge on any atom is 0.269 e. The smallest absolute Gasteiger partial charge is 0.269 e. The van der Waals surface area contributed by atoms with Crippen molar-refractivity contribution in [1.82, 2.24) is 0 Å². The van der Waals surface area contributed by atoms with E-state index in [-0.39, 0.29) is 11.6 Å². The minimum absolute atomic E-state index is 0.0104. The van der Waals surface area contributed by atoms with Gasteiger partial charge in [-0.05, 0) is 12.0 Å². The minimum Gasteiger partial charge on any atom is -0.290 e. The lowest BCUT2D eigenvalue weighted by molar-refractivity contribution is -0.384. The molecule has 0 bridgehead atoms. The van der Waals surface area contributed by atoms with Crippen LogP contribution < -0.4 is 0 Å². The number of nitro groups is 1. The first-order valence-corrected chi connectivity index (χ1v) is 4.31. The Bertz CT molecular complexity index is 349. The fourth-order valence-electron chi connectivity index (χ4n) is 1.24. The van der Waals surface area contributed by atoms with Crippen molar-refractivity contribution in [2.75, 3.05) is 0 Å². The van der Waals surface area contributed by atoms with E-state index in [1.54, 1.807) is 12.1 Å². The zero-order valence-corrected chi connectivity index (χ0v) is 7.77. The maximum atomic E-state index is 10.5. The van der Waals surface area contributed by atoms with Crippen LogP contribution in [0.4, 0.5) is 5.69 Å². The van der Waals surface area contributed by atoms with Gasteiger partial charge in [0.25, 0.3) is 5.69 Å². The van der Waals surface area contributed by atoms with E-state index in [1.165, 1.54) is 12.1 Å². The van der Waals surface area contributed by atoms with E-state index < -0.39 is 4.92 Å². The van der Waals surface area contributed by atoms with Crippen molar-refractivity contribution in [2.24, 2.45) is 0 Å². The Morgan fingerprint density at radius 3 is 2.79 bits per heavy atom. The summed E-state index contributed by atoms with van der Waals surface area (Å²) in [4.78, 5) is 20.5. The van der Waals surface area contributed by atoms with Crippen LogP contribution in [0.15, 0.2) is 24.3 Å². The van der Waals surface area contributed by atoms with Crippen LogP contribution in [0.2, 0.25) is 0 Å². The molecule has 0 aliphatic rings. The molecule has 1 unspecified atom stereocenters. The summed E-state index contributed by atoms with van der Waals surface area (Å²) in [6.45, 7) is 1.84. The van der Waals surface area contributed by atoms with E-state index in [0.29, 0.717) is 12.0 Å². The normalized spacial score (nSPS) is 12.1. The number of rotatable bonds is 4. The van der Waals surface area contributed by atoms with Crippen LogP contribution in [0.3, 0.4) is 0 Å². The minimum atomic E-state index is -0.471. The lowest BCUT2D eigenvalue weighted by atomic mass is 9.98. The number of non-ortho nitro benzene ring substituents is 1. The molecule has 1 atom stereocenters. The van der Waals surface area contributed by atoms with E-state index in [0.717, 1.165) is 0 Å². The Kier molecular flexibility index (Phi) is 3.34. The Morgan fingerprint density at radius 2 is 2.29 bits per heavy atom. The molecule has 0 amide bonds. The Balaban J connectivity index is 3.03. The fraction of sp³-hybridized carbons (Fsp3) is 0.300. The van der Waals surface area contributed by atoms with E-state index >= 15 is 0 Å². The highest BCUT2D eigenvalue weighted by Crippen LogP contribution is 2.21. The number of hydrogen-bond acceptors (Lipinski definition) is 3. The molecular formula is C10H10NO3. The molecule has 1 aromatic rings. The lowest BCUT2D eigenvalue weighted by Gasteiger charge is -2.05. The Morgan fingerprint density at radius 1 is 1.57 bits per heavy atom. The summed E-state index contributed by atoms with van der Waals surface area (Å²) in [6.07, 6.45) is 2.46. The monoisotopic (exact) mass is 192 g/mol. The van der Waals surface area contributed by atoms with Gasteiger partial charge in [-0.15, -0.1) is 0 Å². The molecule has 0 saturated heterocycles. The summed E-state index contributed by atoms with van der Waals surface area (Å²) < 4.78 is 0. The molecule has 4 nitrogen and oxygen atoms in total. The average Bonchev–Trinajstić information content (AvgIpc) is 2.20. The van der Waals surface area contributed by atoms with E-state index in [2.05, 4.69) is 0 Å². The number of carbonyl (C=O) groups excluding carboxylic acids is 1. The third kappa shape index (κ3) is 2.16. The van der Waals surface area contributed by atoms with Gasteiger partial charge in [0.1, 0.15) is 0 Å². The van der Waals surface area contributed by atoms with Gasteiger partial charge in [0.2, 0.25) is 6.29 Å². The predicted octanol–water partition coefficient (Wildman–Crippen LogP) is 2.20. The predicted molar refractivity (Wildman–Crippen MR) is 51.8 cm³/mol. The summed E-state index contributed by atoms with van der Waals surface area (Å²) in [7, 11) is 0. The van der Waals surface area contributed by atoms with Crippen LogP contribution in [0.1, 0.15) is 24.8 Å². The van der Waals surface area contributed by atoms with Crippen LogP contribution in [-0.2, 0) is 4.79 Å². The molecule has 0 aromatic heterocycles. The van der Waals surface area contributed by atoms with Crippen LogP contribution >= 0.6 is 0 Å². The van der Waals surface area contributed by atoms with Gasteiger partial charge in [0.15, 0.2) is 0 Å². The SMILES string of the molecule is CCC([C]=O)c1cccc([N+](=O)[O-])c1. The third-order valence-corrected chi connectivity index (χ3v) is 2.03. The summed E-state index contributed by atoms with van der Waals surface area (Å²) in [5, 5.41) is 10.5.